The number of hydrogen-bond donors (Lipinski definition) is 0. The summed E-state index contributed by atoms with van der Waals surface area (Å²) < 4.78 is 3.35. The van der Waals surface area contributed by atoms with E-state index in [1.54, 1.807) is 6.07 Å². The third-order valence-corrected chi connectivity index (χ3v) is 0.896. The van der Waals surface area contributed by atoms with E-state index in [-0.39, 0.29) is 0 Å². The van der Waals surface area contributed by atoms with Crippen molar-refractivity contribution in [1.29, 1.82) is 5.26 Å². The second kappa shape index (κ2) is 1.62. The molecular formula is C2N4S. The van der Waals surface area contributed by atoms with Crippen LogP contribution in [-0.2, 0) is 0 Å². The minimum absolute atomic E-state index is 0.306. The first kappa shape index (κ1) is 4.15. The van der Waals surface area contributed by atoms with Crippen LogP contribution >= 0.6 is 11.5 Å². The Morgan fingerprint density at radius 3 is 2.86 bits per heavy atom. The van der Waals surface area contributed by atoms with E-state index in [2.05, 4.69) is 14.8 Å². The molecular weight excluding hydrogens is 112 g/mol. The molecule has 1 aromatic rings. The number of nitriles is 1. The molecule has 0 fully saturated rings. The third kappa shape index (κ3) is 0.694. The zero-order valence-corrected chi connectivity index (χ0v) is 4.01. The first-order valence-corrected chi connectivity index (χ1v) is 2.26. The normalized spacial score (nSPS) is 7.86. The van der Waals surface area contributed by atoms with Gasteiger partial charge in [0.2, 0.25) is 5.01 Å². The average Bonchev–Trinajstić information content (AvgIpc) is 2.14. The lowest BCUT2D eigenvalue weighted by Crippen LogP contribution is -1.68. The van der Waals surface area contributed by atoms with E-state index >= 15 is 0 Å². The summed E-state index contributed by atoms with van der Waals surface area (Å²) in [6.07, 6.45) is 0. The Morgan fingerprint density at radius 2 is 2.57 bits per heavy atom. The van der Waals surface area contributed by atoms with Crippen molar-refractivity contribution >= 4 is 11.5 Å². The molecule has 0 aliphatic carbocycles. The predicted octanol–water partition coefficient (Wildman–Crippen LogP) is -0.195. The molecule has 34 valence electrons. The standard InChI is InChI=1S/C2N4S/c3-1-2-4-5-6-7-2. The summed E-state index contributed by atoms with van der Waals surface area (Å²) in [5.74, 6) is 0. The minimum atomic E-state index is 0.306. The maximum Gasteiger partial charge on any atom is 0.237 e. The largest absolute Gasteiger partial charge is 0.237 e. The number of rotatable bonds is 0. The van der Waals surface area contributed by atoms with Crippen molar-refractivity contribution in [2.75, 3.05) is 0 Å². The van der Waals surface area contributed by atoms with E-state index in [0.29, 0.717) is 5.01 Å². The molecule has 0 N–H and O–H groups in total. The molecule has 0 aromatic carbocycles. The van der Waals surface area contributed by atoms with Gasteiger partial charge in [-0.1, -0.05) is 4.49 Å². The Bertz CT molecular complexity index is 172. The highest BCUT2D eigenvalue weighted by atomic mass is 32.1. The van der Waals surface area contributed by atoms with Gasteiger partial charge in [0, 0.05) is 11.5 Å². The lowest BCUT2D eigenvalue weighted by atomic mass is 10.8. The molecule has 0 atom stereocenters. The molecule has 0 saturated carbocycles. The lowest BCUT2D eigenvalue weighted by molar-refractivity contribution is 0.950. The molecule has 0 aliphatic rings. The monoisotopic (exact) mass is 112 g/mol. The van der Waals surface area contributed by atoms with Gasteiger partial charge in [-0.2, -0.15) is 5.26 Å². The van der Waals surface area contributed by atoms with Crippen molar-refractivity contribution in [3.8, 4) is 6.07 Å². The summed E-state index contributed by atoms with van der Waals surface area (Å²) in [5, 5.41) is 14.9. The molecule has 1 heterocycles. The number of hydrogen-bond acceptors (Lipinski definition) is 5. The molecule has 7 heavy (non-hydrogen) atoms. The fraction of sp³-hybridized carbons (Fsp3) is 0. The third-order valence-electron chi connectivity index (χ3n) is 0.395. The molecule has 0 saturated heterocycles. The summed E-state index contributed by atoms with van der Waals surface area (Å²) in [5.41, 5.74) is 0. The zero-order valence-electron chi connectivity index (χ0n) is 3.20. The van der Waals surface area contributed by atoms with Gasteiger partial charge in [-0.05, 0) is 5.21 Å². The summed E-state index contributed by atoms with van der Waals surface area (Å²) in [6.45, 7) is 0. The van der Waals surface area contributed by atoms with Crippen LogP contribution in [-0.4, -0.2) is 14.8 Å². The molecule has 5 heteroatoms. The van der Waals surface area contributed by atoms with E-state index in [1.807, 2.05) is 0 Å². The zero-order chi connectivity index (χ0) is 5.11. The second-order valence-corrected chi connectivity index (χ2v) is 1.51. The predicted molar refractivity (Wildman–Crippen MR) is 22.4 cm³/mol. The van der Waals surface area contributed by atoms with Gasteiger partial charge >= 0.3 is 0 Å². The van der Waals surface area contributed by atoms with Crippen LogP contribution in [0.3, 0.4) is 0 Å². The van der Waals surface area contributed by atoms with Gasteiger partial charge in [-0.15, -0.1) is 5.10 Å². The van der Waals surface area contributed by atoms with E-state index in [4.69, 9.17) is 5.26 Å². The van der Waals surface area contributed by atoms with Crippen LogP contribution in [0.4, 0.5) is 0 Å². The SMILES string of the molecule is N#Cc1nnns1. The van der Waals surface area contributed by atoms with Crippen molar-refractivity contribution in [2.45, 2.75) is 0 Å². The lowest BCUT2D eigenvalue weighted by Gasteiger charge is -1.55. The highest BCUT2D eigenvalue weighted by Crippen LogP contribution is 1.90. The van der Waals surface area contributed by atoms with Crippen molar-refractivity contribution in [3.63, 3.8) is 0 Å². The quantitative estimate of drug-likeness (QED) is 0.466. The van der Waals surface area contributed by atoms with Crippen molar-refractivity contribution in [2.24, 2.45) is 0 Å². The minimum Gasteiger partial charge on any atom is -0.190 e. The van der Waals surface area contributed by atoms with Crippen LogP contribution in [0.1, 0.15) is 5.01 Å². The van der Waals surface area contributed by atoms with Crippen LogP contribution in [0.15, 0.2) is 0 Å². The molecule has 0 aliphatic heterocycles. The Hall–Kier alpha value is -1.02. The van der Waals surface area contributed by atoms with Crippen LogP contribution in [0.25, 0.3) is 0 Å². The van der Waals surface area contributed by atoms with Crippen molar-refractivity contribution < 1.29 is 0 Å². The van der Waals surface area contributed by atoms with Gasteiger partial charge in [0.25, 0.3) is 0 Å². The maximum atomic E-state index is 8.04. The first-order valence-electron chi connectivity index (χ1n) is 1.48. The van der Waals surface area contributed by atoms with Gasteiger partial charge in [-0.25, -0.2) is 0 Å². The van der Waals surface area contributed by atoms with Crippen molar-refractivity contribution in [3.05, 3.63) is 5.01 Å². The topological polar surface area (TPSA) is 62.5 Å². The molecule has 0 bridgehead atoms. The maximum absolute atomic E-state index is 8.04. The van der Waals surface area contributed by atoms with Gasteiger partial charge in [-0.3, -0.25) is 0 Å². The average molecular weight is 112 g/mol. The summed E-state index contributed by atoms with van der Waals surface area (Å²) in [6, 6.07) is 1.79. The van der Waals surface area contributed by atoms with Crippen LogP contribution in [0.5, 0.6) is 0 Å². The van der Waals surface area contributed by atoms with Crippen LogP contribution in [0, 0.1) is 11.3 Å². The van der Waals surface area contributed by atoms with Gasteiger partial charge in [0.1, 0.15) is 6.07 Å². The molecule has 0 radical (unpaired) electrons. The fourth-order valence-corrected chi connectivity index (χ4v) is 0.441. The van der Waals surface area contributed by atoms with E-state index in [1.165, 1.54) is 0 Å². The van der Waals surface area contributed by atoms with Gasteiger partial charge in [0.05, 0.1) is 0 Å². The molecule has 0 amide bonds. The van der Waals surface area contributed by atoms with Crippen molar-refractivity contribution in [1.82, 2.24) is 14.8 Å². The molecule has 4 nitrogen and oxygen atoms in total. The van der Waals surface area contributed by atoms with Gasteiger partial charge < -0.3 is 0 Å². The van der Waals surface area contributed by atoms with Crippen LogP contribution < -0.4 is 0 Å². The Morgan fingerprint density at radius 1 is 1.71 bits per heavy atom. The number of aromatic nitrogens is 3. The smallest absolute Gasteiger partial charge is 0.190 e. The number of nitrogens with zero attached hydrogens (tertiary/aromatic N) is 4. The Balaban J connectivity index is 3.04. The van der Waals surface area contributed by atoms with Gasteiger partial charge in [0.15, 0.2) is 0 Å². The van der Waals surface area contributed by atoms with E-state index in [9.17, 15) is 0 Å². The molecule has 1 rings (SSSR count). The van der Waals surface area contributed by atoms with Crippen LogP contribution in [0.2, 0.25) is 0 Å². The van der Waals surface area contributed by atoms with E-state index in [0.717, 1.165) is 11.5 Å². The summed E-state index contributed by atoms with van der Waals surface area (Å²) >= 11 is 0.990. The fourth-order valence-electron chi connectivity index (χ4n) is 0.177. The summed E-state index contributed by atoms with van der Waals surface area (Å²) in [7, 11) is 0. The van der Waals surface area contributed by atoms with E-state index < -0.39 is 0 Å². The highest BCUT2D eigenvalue weighted by Gasteiger charge is 1.88. The Kier molecular flexibility index (Phi) is 0.959. The first-order chi connectivity index (χ1) is 3.43. The highest BCUT2D eigenvalue weighted by molar-refractivity contribution is 7.05. The molecule has 1 aromatic heterocycles. The molecule has 0 unspecified atom stereocenters. The Labute approximate surface area is 43.6 Å². The second-order valence-electron chi connectivity index (χ2n) is 0.779. The summed E-state index contributed by atoms with van der Waals surface area (Å²) in [4.78, 5) is 0. The molecule has 0 spiro atoms.